The maximum absolute atomic E-state index is 9.42. The van der Waals surface area contributed by atoms with Gasteiger partial charge in [0.25, 0.3) is 0 Å². The van der Waals surface area contributed by atoms with E-state index in [4.69, 9.17) is 5.11 Å². The summed E-state index contributed by atoms with van der Waals surface area (Å²) in [4.78, 5) is 14.6. The summed E-state index contributed by atoms with van der Waals surface area (Å²) in [6, 6.07) is 0. The monoisotopic (exact) mass is 209 g/mol. The van der Waals surface area contributed by atoms with Crippen LogP contribution in [0.4, 0.5) is 5.82 Å². The minimum absolute atomic E-state index is 0.408. The minimum atomic E-state index is -1.08. The fourth-order valence-electron chi connectivity index (χ4n) is 1.14. The molecule has 0 fully saturated rings. The van der Waals surface area contributed by atoms with E-state index in [1.165, 1.54) is 19.6 Å². The molecule has 4 N–H and O–H groups in total. The van der Waals surface area contributed by atoms with Gasteiger partial charge >= 0.3 is 0 Å². The number of aromatic nitrogens is 4. The normalized spacial score (nSPS) is 15.1. The van der Waals surface area contributed by atoms with E-state index in [0.717, 1.165) is 0 Å². The van der Waals surface area contributed by atoms with Crippen LogP contribution in [0.2, 0.25) is 0 Å². The van der Waals surface area contributed by atoms with Gasteiger partial charge in [0.2, 0.25) is 0 Å². The summed E-state index contributed by atoms with van der Waals surface area (Å²) < 4.78 is 0. The van der Waals surface area contributed by atoms with Crippen molar-refractivity contribution in [2.75, 3.05) is 5.32 Å². The Labute approximate surface area is 85.2 Å². The number of aromatic amines is 1. The van der Waals surface area contributed by atoms with Gasteiger partial charge in [-0.05, 0) is 6.92 Å². The summed E-state index contributed by atoms with van der Waals surface area (Å²) in [5.74, 6) is 0.408. The van der Waals surface area contributed by atoms with Crippen LogP contribution in [0.5, 0.6) is 0 Å². The van der Waals surface area contributed by atoms with Gasteiger partial charge in [-0.15, -0.1) is 0 Å². The topological polar surface area (TPSA) is 107 Å². The lowest BCUT2D eigenvalue weighted by Crippen LogP contribution is -2.31. The summed E-state index contributed by atoms with van der Waals surface area (Å²) in [5.41, 5.74) is 1.10. The first-order valence-electron chi connectivity index (χ1n) is 4.45. The van der Waals surface area contributed by atoms with Gasteiger partial charge in [-0.2, -0.15) is 0 Å². The molecule has 0 aliphatic carbocycles. The Kier molecular flexibility index (Phi) is 2.48. The van der Waals surface area contributed by atoms with Crippen LogP contribution < -0.4 is 5.32 Å². The van der Waals surface area contributed by atoms with Crippen molar-refractivity contribution >= 4 is 17.0 Å². The fourth-order valence-corrected chi connectivity index (χ4v) is 1.14. The molecular weight excluding hydrogens is 198 g/mol. The minimum Gasteiger partial charge on any atom is -0.389 e. The van der Waals surface area contributed by atoms with E-state index in [0.29, 0.717) is 17.0 Å². The molecule has 2 aromatic heterocycles. The fraction of sp³-hybridized carbons (Fsp3) is 0.375. The summed E-state index contributed by atoms with van der Waals surface area (Å²) in [6.07, 6.45) is 0.851. The smallest absolute Gasteiger partial charge is 0.182 e. The number of nitrogens with zero attached hydrogens (tertiary/aromatic N) is 3. The zero-order valence-corrected chi connectivity index (χ0v) is 8.05. The number of anilines is 1. The lowest BCUT2D eigenvalue weighted by atomic mass is 10.3. The maximum atomic E-state index is 9.42. The molecule has 0 spiro atoms. The number of rotatable bonds is 3. The molecule has 15 heavy (non-hydrogen) atoms. The quantitative estimate of drug-likeness (QED) is 0.506. The molecule has 0 aliphatic heterocycles. The largest absolute Gasteiger partial charge is 0.389 e. The van der Waals surface area contributed by atoms with Crippen molar-refractivity contribution in [3.05, 3.63) is 12.7 Å². The third-order valence-electron chi connectivity index (χ3n) is 1.96. The third-order valence-corrected chi connectivity index (χ3v) is 1.96. The van der Waals surface area contributed by atoms with E-state index < -0.39 is 12.3 Å². The highest BCUT2D eigenvalue weighted by Crippen LogP contribution is 2.15. The molecule has 2 rings (SSSR count). The van der Waals surface area contributed by atoms with Gasteiger partial charge in [0, 0.05) is 0 Å². The van der Waals surface area contributed by atoms with E-state index in [1.807, 2.05) is 0 Å². The first-order chi connectivity index (χ1) is 7.18. The van der Waals surface area contributed by atoms with E-state index in [-0.39, 0.29) is 0 Å². The highest BCUT2D eigenvalue weighted by Gasteiger charge is 2.13. The Morgan fingerprint density at radius 3 is 2.87 bits per heavy atom. The Hall–Kier alpha value is -1.73. The predicted octanol–water partition coefficient (Wildman–Crippen LogP) is -0.536. The number of fused-ring (bicyclic) bond motifs is 1. The number of aliphatic hydroxyl groups excluding tert-OH is 2. The third kappa shape index (κ3) is 1.88. The van der Waals surface area contributed by atoms with Crippen molar-refractivity contribution in [3.8, 4) is 0 Å². The Bertz CT molecular complexity index is 455. The van der Waals surface area contributed by atoms with Crippen molar-refractivity contribution in [2.45, 2.75) is 19.3 Å². The van der Waals surface area contributed by atoms with E-state index in [1.54, 1.807) is 0 Å². The molecule has 0 radical (unpaired) electrons. The van der Waals surface area contributed by atoms with Crippen molar-refractivity contribution in [1.29, 1.82) is 0 Å². The van der Waals surface area contributed by atoms with E-state index >= 15 is 0 Å². The number of H-pyrrole nitrogens is 1. The molecule has 2 unspecified atom stereocenters. The van der Waals surface area contributed by atoms with Gasteiger partial charge in [0.15, 0.2) is 17.7 Å². The number of aliphatic hydroxyl groups is 2. The molecule has 0 saturated heterocycles. The molecule has 2 atom stereocenters. The highest BCUT2D eigenvalue weighted by atomic mass is 16.3. The molecule has 0 saturated carbocycles. The molecule has 2 aromatic rings. The average molecular weight is 209 g/mol. The Balaban J connectivity index is 2.31. The second-order valence-electron chi connectivity index (χ2n) is 3.15. The van der Waals surface area contributed by atoms with Crippen LogP contribution in [0.1, 0.15) is 6.92 Å². The number of imidazole rings is 1. The Morgan fingerprint density at radius 1 is 1.33 bits per heavy atom. The molecule has 7 nitrogen and oxygen atoms in total. The van der Waals surface area contributed by atoms with E-state index in [9.17, 15) is 5.11 Å². The average Bonchev–Trinajstić information content (AvgIpc) is 2.66. The summed E-state index contributed by atoms with van der Waals surface area (Å²) in [5, 5.41) is 21.2. The maximum Gasteiger partial charge on any atom is 0.182 e. The first kappa shape index (κ1) is 9.81. The summed E-state index contributed by atoms with van der Waals surface area (Å²) in [7, 11) is 0. The molecule has 0 amide bonds. The second kappa shape index (κ2) is 3.79. The van der Waals surface area contributed by atoms with Crippen LogP contribution in [-0.2, 0) is 0 Å². The van der Waals surface area contributed by atoms with Crippen LogP contribution in [0.3, 0.4) is 0 Å². The summed E-state index contributed by atoms with van der Waals surface area (Å²) >= 11 is 0. The van der Waals surface area contributed by atoms with Crippen LogP contribution in [0.25, 0.3) is 11.2 Å². The number of hydrogen-bond donors (Lipinski definition) is 4. The van der Waals surface area contributed by atoms with Gasteiger partial charge in [-0.3, -0.25) is 0 Å². The van der Waals surface area contributed by atoms with Gasteiger partial charge in [-0.25, -0.2) is 15.0 Å². The van der Waals surface area contributed by atoms with Gasteiger partial charge < -0.3 is 20.5 Å². The van der Waals surface area contributed by atoms with Crippen LogP contribution in [0.15, 0.2) is 12.7 Å². The molecule has 0 aliphatic rings. The van der Waals surface area contributed by atoms with Crippen molar-refractivity contribution < 1.29 is 10.2 Å². The Morgan fingerprint density at radius 2 is 2.13 bits per heavy atom. The molecule has 2 heterocycles. The molecule has 0 aromatic carbocycles. The molecular formula is C8H11N5O2. The molecule has 80 valence electrons. The second-order valence-corrected chi connectivity index (χ2v) is 3.15. The van der Waals surface area contributed by atoms with Gasteiger partial charge in [-0.1, -0.05) is 0 Å². The first-order valence-corrected chi connectivity index (χ1v) is 4.45. The molecule has 7 heteroatoms. The van der Waals surface area contributed by atoms with Gasteiger partial charge in [0.05, 0.1) is 12.4 Å². The SMILES string of the molecule is CC(O)C(O)Nc1ncnc2nc[nH]c12. The van der Waals surface area contributed by atoms with Crippen LogP contribution in [0, 0.1) is 0 Å². The van der Waals surface area contributed by atoms with E-state index in [2.05, 4.69) is 25.3 Å². The lowest BCUT2D eigenvalue weighted by Gasteiger charge is -2.15. The standard InChI is InChI=1S/C8H11N5O2/c1-4(14)8(15)13-7-5-6(10-2-9-5)11-3-12-7/h2-4,8,14-15H,1H3,(H2,9,10,11,12,13). The molecule has 0 bridgehead atoms. The number of hydrogen-bond acceptors (Lipinski definition) is 6. The van der Waals surface area contributed by atoms with Gasteiger partial charge in [0.1, 0.15) is 11.8 Å². The van der Waals surface area contributed by atoms with Crippen molar-refractivity contribution in [1.82, 2.24) is 19.9 Å². The van der Waals surface area contributed by atoms with Crippen LogP contribution in [-0.4, -0.2) is 42.5 Å². The zero-order valence-electron chi connectivity index (χ0n) is 8.05. The lowest BCUT2D eigenvalue weighted by molar-refractivity contribution is 0.0495. The van der Waals surface area contributed by atoms with Crippen molar-refractivity contribution in [3.63, 3.8) is 0 Å². The summed E-state index contributed by atoms with van der Waals surface area (Å²) in [6.45, 7) is 1.48. The predicted molar refractivity (Wildman–Crippen MR) is 53.0 cm³/mol. The zero-order chi connectivity index (χ0) is 10.8. The number of nitrogens with one attached hydrogen (secondary N) is 2. The highest BCUT2D eigenvalue weighted by molar-refractivity contribution is 5.81. The van der Waals surface area contributed by atoms with Crippen LogP contribution >= 0.6 is 0 Å². The van der Waals surface area contributed by atoms with Crippen molar-refractivity contribution in [2.24, 2.45) is 0 Å².